The summed E-state index contributed by atoms with van der Waals surface area (Å²) in [6.45, 7) is 4.37. The van der Waals surface area contributed by atoms with Gasteiger partial charge in [-0.05, 0) is 12.8 Å². The second kappa shape index (κ2) is 6.56. The van der Waals surface area contributed by atoms with Gasteiger partial charge < -0.3 is 5.11 Å². The topological polar surface area (TPSA) is 20.2 Å². The van der Waals surface area contributed by atoms with Crippen LogP contribution in [0.25, 0.3) is 0 Å². The van der Waals surface area contributed by atoms with Crippen molar-refractivity contribution in [2.75, 3.05) is 6.61 Å². The van der Waals surface area contributed by atoms with Gasteiger partial charge in [0.05, 0.1) is 6.61 Å². The summed E-state index contributed by atoms with van der Waals surface area (Å²) in [7, 11) is 0. The Bertz CT molecular complexity index is 123. The Morgan fingerprint density at radius 1 is 1.40 bits per heavy atom. The van der Waals surface area contributed by atoms with E-state index in [2.05, 4.69) is 19.9 Å². The molecule has 58 valence electrons. The van der Waals surface area contributed by atoms with Gasteiger partial charge in [-0.2, -0.15) is 0 Å². The molecule has 0 bridgehead atoms. The van der Waals surface area contributed by atoms with E-state index in [1.165, 1.54) is 5.57 Å². The molecule has 1 nitrogen and oxygen atoms in total. The van der Waals surface area contributed by atoms with Crippen molar-refractivity contribution in [3.8, 4) is 0 Å². The molecule has 0 saturated heterocycles. The molecular weight excluding hydrogens is 124 g/mol. The first-order valence-electron chi connectivity index (χ1n) is 3.81. The van der Waals surface area contributed by atoms with E-state index in [0.29, 0.717) is 0 Å². The Kier molecular flexibility index (Phi) is 6.19. The highest BCUT2D eigenvalue weighted by Crippen LogP contribution is 2.02. The van der Waals surface area contributed by atoms with Crippen molar-refractivity contribution >= 4 is 0 Å². The minimum Gasteiger partial charge on any atom is -0.392 e. The van der Waals surface area contributed by atoms with Gasteiger partial charge in [-0.15, -0.1) is 0 Å². The van der Waals surface area contributed by atoms with Crippen LogP contribution in [0, 0.1) is 0 Å². The molecule has 0 aliphatic heterocycles. The minimum atomic E-state index is 0.140. The van der Waals surface area contributed by atoms with Crippen LogP contribution >= 0.6 is 0 Å². The van der Waals surface area contributed by atoms with Gasteiger partial charge in [-0.25, -0.2) is 0 Å². The average molecular weight is 140 g/mol. The minimum absolute atomic E-state index is 0.140. The number of hydrogen-bond acceptors (Lipinski definition) is 1. The SMILES string of the molecule is CC/C=C(/C=C/CO)CC. The molecule has 0 saturated carbocycles. The number of allylic oxidation sites excluding steroid dienone is 3. The fraction of sp³-hybridized carbons (Fsp3) is 0.556. The van der Waals surface area contributed by atoms with Gasteiger partial charge in [0.25, 0.3) is 0 Å². The monoisotopic (exact) mass is 140 g/mol. The fourth-order valence-corrected chi connectivity index (χ4v) is 0.796. The van der Waals surface area contributed by atoms with Crippen molar-refractivity contribution in [2.45, 2.75) is 26.7 Å². The number of aliphatic hydroxyl groups excluding tert-OH is 1. The van der Waals surface area contributed by atoms with Crippen LogP contribution in [-0.4, -0.2) is 11.7 Å². The van der Waals surface area contributed by atoms with Crippen molar-refractivity contribution < 1.29 is 5.11 Å². The number of hydrogen-bond donors (Lipinski definition) is 1. The molecule has 1 heteroatoms. The van der Waals surface area contributed by atoms with Gasteiger partial charge in [0.1, 0.15) is 0 Å². The van der Waals surface area contributed by atoms with Crippen LogP contribution in [0.4, 0.5) is 0 Å². The first-order valence-corrected chi connectivity index (χ1v) is 3.81. The van der Waals surface area contributed by atoms with Gasteiger partial charge >= 0.3 is 0 Å². The largest absolute Gasteiger partial charge is 0.392 e. The summed E-state index contributed by atoms with van der Waals surface area (Å²) in [6, 6.07) is 0. The van der Waals surface area contributed by atoms with E-state index < -0.39 is 0 Å². The van der Waals surface area contributed by atoms with E-state index >= 15 is 0 Å². The van der Waals surface area contributed by atoms with Crippen LogP contribution in [0.5, 0.6) is 0 Å². The zero-order valence-corrected chi connectivity index (χ0v) is 6.80. The molecule has 0 radical (unpaired) electrons. The van der Waals surface area contributed by atoms with E-state index in [-0.39, 0.29) is 6.61 Å². The molecule has 0 unspecified atom stereocenters. The summed E-state index contributed by atoms with van der Waals surface area (Å²) in [5, 5.41) is 8.46. The van der Waals surface area contributed by atoms with E-state index in [1.54, 1.807) is 6.08 Å². The Hall–Kier alpha value is -0.560. The molecule has 0 aromatic heterocycles. The lowest BCUT2D eigenvalue weighted by Gasteiger charge is -1.93. The summed E-state index contributed by atoms with van der Waals surface area (Å²) in [5.41, 5.74) is 1.30. The molecule has 0 amide bonds. The van der Waals surface area contributed by atoms with Crippen molar-refractivity contribution in [3.63, 3.8) is 0 Å². The highest BCUT2D eigenvalue weighted by atomic mass is 16.2. The molecule has 0 rings (SSSR count). The van der Waals surface area contributed by atoms with Crippen LogP contribution < -0.4 is 0 Å². The predicted octanol–water partition coefficient (Wildman–Crippen LogP) is 2.28. The molecule has 0 fully saturated rings. The van der Waals surface area contributed by atoms with Crippen LogP contribution in [0.1, 0.15) is 26.7 Å². The second-order valence-corrected chi connectivity index (χ2v) is 2.13. The normalized spacial score (nSPS) is 12.9. The molecule has 0 spiro atoms. The van der Waals surface area contributed by atoms with Crippen molar-refractivity contribution in [3.05, 3.63) is 23.8 Å². The first kappa shape index (κ1) is 9.44. The average Bonchev–Trinajstić information content (AvgIpc) is 1.98. The lowest BCUT2D eigenvalue weighted by atomic mass is 10.1. The van der Waals surface area contributed by atoms with E-state index in [1.807, 2.05) is 6.08 Å². The van der Waals surface area contributed by atoms with E-state index in [0.717, 1.165) is 12.8 Å². The Morgan fingerprint density at radius 3 is 2.50 bits per heavy atom. The van der Waals surface area contributed by atoms with Gasteiger partial charge in [-0.1, -0.05) is 37.6 Å². The number of rotatable bonds is 4. The predicted molar refractivity (Wildman–Crippen MR) is 44.9 cm³/mol. The third-order valence-electron chi connectivity index (χ3n) is 1.31. The zero-order chi connectivity index (χ0) is 7.82. The summed E-state index contributed by atoms with van der Waals surface area (Å²) >= 11 is 0. The van der Waals surface area contributed by atoms with Crippen molar-refractivity contribution in [2.24, 2.45) is 0 Å². The molecule has 0 aliphatic rings. The van der Waals surface area contributed by atoms with Crippen LogP contribution in [-0.2, 0) is 0 Å². The summed E-state index contributed by atoms with van der Waals surface area (Å²) in [4.78, 5) is 0. The Morgan fingerprint density at radius 2 is 2.10 bits per heavy atom. The van der Waals surface area contributed by atoms with Crippen molar-refractivity contribution in [1.29, 1.82) is 0 Å². The molecule has 0 aromatic carbocycles. The van der Waals surface area contributed by atoms with Gasteiger partial charge in [0, 0.05) is 0 Å². The Labute approximate surface area is 63.1 Å². The highest BCUT2D eigenvalue weighted by molar-refractivity contribution is 5.17. The lowest BCUT2D eigenvalue weighted by molar-refractivity contribution is 0.342. The first-order chi connectivity index (χ1) is 4.85. The van der Waals surface area contributed by atoms with Crippen molar-refractivity contribution in [1.82, 2.24) is 0 Å². The smallest absolute Gasteiger partial charge is 0.0615 e. The third kappa shape index (κ3) is 4.33. The number of aliphatic hydroxyl groups is 1. The summed E-state index contributed by atoms with van der Waals surface area (Å²) in [5.74, 6) is 0. The summed E-state index contributed by atoms with van der Waals surface area (Å²) < 4.78 is 0. The van der Waals surface area contributed by atoms with E-state index in [9.17, 15) is 0 Å². The maximum atomic E-state index is 8.46. The molecule has 0 heterocycles. The molecule has 0 atom stereocenters. The quantitative estimate of drug-likeness (QED) is 0.594. The standard InChI is InChI=1S/C9H16O/c1-3-6-9(4-2)7-5-8-10/h5-7,10H,3-4,8H2,1-2H3/b7-5+,9-6+. The van der Waals surface area contributed by atoms with Gasteiger partial charge in [0.2, 0.25) is 0 Å². The molecule has 0 aromatic rings. The maximum Gasteiger partial charge on any atom is 0.0615 e. The maximum absolute atomic E-state index is 8.46. The van der Waals surface area contributed by atoms with Crippen LogP contribution in [0.3, 0.4) is 0 Å². The van der Waals surface area contributed by atoms with Crippen LogP contribution in [0.2, 0.25) is 0 Å². The van der Waals surface area contributed by atoms with Gasteiger partial charge in [0.15, 0.2) is 0 Å². The van der Waals surface area contributed by atoms with Crippen LogP contribution in [0.15, 0.2) is 23.8 Å². The molecular formula is C9H16O. The lowest BCUT2D eigenvalue weighted by Crippen LogP contribution is -1.76. The van der Waals surface area contributed by atoms with Gasteiger partial charge in [-0.3, -0.25) is 0 Å². The fourth-order valence-electron chi connectivity index (χ4n) is 0.796. The highest BCUT2D eigenvalue weighted by Gasteiger charge is 1.83. The Balaban J connectivity index is 3.82. The van der Waals surface area contributed by atoms with E-state index in [4.69, 9.17) is 5.11 Å². The second-order valence-electron chi connectivity index (χ2n) is 2.13. The molecule has 0 aliphatic carbocycles. The molecule has 10 heavy (non-hydrogen) atoms. The zero-order valence-electron chi connectivity index (χ0n) is 6.80. The third-order valence-corrected chi connectivity index (χ3v) is 1.31. The molecule has 1 N–H and O–H groups in total. The summed E-state index contributed by atoms with van der Waals surface area (Å²) in [6.07, 6.45) is 8.03.